The molecule has 1 aliphatic heterocycles. The second-order valence-corrected chi connectivity index (χ2v) is 6.32. The van der Waals surface area contributed by atoms with E-state index in [0.717, 1.165) is 11.3 Å². The first-order chi connectivity index (χ1) is 12.6. The first kappa shape index (κ1) is 18.1. The molecule has 138 valence electrons. The van der Waals surface area contributed by atoms with Crippen LogP contribution in [0.5, 0.6) is 17.2 Å². The molecule has 0 bridgehead atoms. The van der Waals surface area contributed by atoms with E-state index in [2.05, 4.69) is 10.2 Å². The van der Waals surface area contributed by atoms with Gasteiger partial charge >= 0.3 is 0 Å². The molecule has 1 aliphatic rings. The third-order valence-electron chi connectivity index (χ3n) is 4.38. The molecule has 6 heteroatoms. The highest BCUT2D eigenvalue weighted by Crippen LogP contribution is 2.30. The summed E-state index contributed by atoms with van der Waals surface area (Å²) in [6.07, 6.45) is 0. The van der Waals surface area contributed by atoms with Crippen molar-refractivity contribution in [1.82, 2.24) is 10.2 Å². The van der Waals surface area contributed by atoms with Crippen molar-refractivity contribution >= 4 is 5.91 Å². The number of nitrogens with one attached hydrogen (secondary N) is 1. The van der Waals surface area contributed by atoms with Crippen LogP contribution >= 0.6 is 0 Å². The molecule has 0 fully saturated rings. The standard InChI is InChI=1S/C20H24N2O4/c1-22(2)17(14-4-7-16(24-3)8-5-14)13-21-20(23)15-6-9-18-19(12-15)26-11-10-25-18/h4-9,12,17H,10-11,13H2,1-3H3,(H,21,23)/t17-/m1/s1. The van der Waals surface area contributed by atoms with Gasteiger partial charge in [0.1, 0.15) is 19.0 Å². The quantitative estimate of drug-likeness (QED) is 0.862. The number of amides is 1. The van der Waals surface area contributed by atoms with Crippen LogP contribution in [0.25, 0.3) is 0 Å². The molecule has 3 rings (SSSR count). The molecule has 0 spiro atoms. The maximum atomic E-state index is 12.5. The van der Waals surface area contributed by atoms with Crippen LogP contribution in [-0.4, -0.2) is 51.8 Å². The first-order valence-corrected chi connectivity index (χ1v) is 8.56. The Hall–Kier alpha value is -2.73. The van der Waals surface area contributed by atoms with E-state index < -0.39 is 0 Å². The molecule has 0 aromatic heterocycles. The fourth-order valence-corrected chi connectivity index (χ4v) is 2.90. The number of carbonyl (C=O) groups is 1. The van der Waals surface area contributed by atoms with Crippen LogP contribution in [-0.2, 0) is 0 Å². The van der Waals surface area contributed by atoms with E-state index in [9.17, 15) is 4.79 Å². The van der Waals surface area contributed by atoms with Gasteiger partial charge < -0.3 is 24.4 Å². The zero-order valence-electron chi connectivity index (χ0n) is 15.3. The number of methoxy groups -OCH3 is 1. The van der Waals surface area contributed by atoms with Crippen molar-refractivity contribution in [1.29, 1.82) is 0 Å². The van der Waals surface area contributed by atoms with Gasteiger partial charge in [0.25, 0.3) is 5.91 Å². The van der Waals surface area contributed by atoms with Crippen molar-refractivity contribution in [2.75, 3.05) is 41.0 Å². The Labute approximate surface area is 153 Å². The molecule has 2 aromatic rings. The maximum absolute atomic E-state index is 12.5. The zero-order chi connectivity index (χ0) is 18.5. The summed E-state index contributed by atoms with van der Waals surface area (Å²) in [5, 5.41) is 3.01. The minimum Gasteiger partial charge on any atom is -0.497 e. The van der Waals surface area contributed by atoms with E-state index >= 15 is 0 Å². The van der Waals surface area contributed by atoms with Crippen molar-refractivity contribution in [3.05, 3.63) is 53.6 Å². The number of nitrogens with zero attached hydrogens (tertiary/aromatic N) is 1. The lowest BCUT2D eigenvalue weighted by Gasteiger charge is -2.25. The van der Waals surface area contributed by atoms with Gasteiger partial charge in [0.05, 0.1) is 13.2 Å². The molecule has 2 aromatic carbocycles. The van der Waals surface area contributed by atoms with Gasteiger partial charge in [-0.15, -0.1) is 0 Å². The minimum absolute atomic E-state index is 0.0575. The summed E-state index contributed by atoms with van der Waals surface area (Å²) < 4.78 is 16.2. The minimum atomic E-state index is -0.137. The van der Waals surface area contributed by atoms with E-state index in [-0.39, 0.29) is 11.9 Å². The summed E-state index contributed by atoms with van der Waals surface area (Å²) in [7, 11) is 5.63. The molecule has 0 saturated carbocycles. The number of rotatable bonds is 6. The molecule has 1 heterocycles. The second kappa shape index (κ2) is 8.10. The monoisotopic (exact) mass is 356 g/mol. The molecule has 1 atom stereocenters. The molecule has 0 radical (unpaired) electrons. The van der Waals surface area contributed by atoms with Gasteiger partial charge in [0.15, 0.2) is 11.5 Å². The Balaban J connectivity index is 1.67. The summed E-state index contributed by atoms with van der Waals surface area (Å²) in [5.41, 5.74) is 1.67. The van der Waals surface area contributed by atoms with Crippen LogP contribution in [0.1, 0.15) is 22.0 Å². The average molecular weight is 356 g/mol. The lowest BCUT2D eigenvalue weighted by atomic mass is 10.1. The van der Waals surface area contributed by atoms with E-state index in [1.54, 1.807) is 25.3 Å². The number of ether oxygens (including phenoxy) is 3. The average Bonchev–Trinajstić information content (AvgIpc) is 2.67. The molecular weight excluding hydrogens is 332 g/mol. The van der Waals surface area contributed by atoms with Gasteiger partial charge in [0, 0.05) is 12.1 Å². The van der Waals surface area contributed by atoms with Gasteiger partial charge in [-0.2, -0.15) is 0 Å². The molecule has 26 heavy (non-hydrogen) atoms. The van der Waals surface area contributed by atoms with E-state index in [1.807, 2.05) is 38.4 Å². The van der Waals surface area contributed by atoms with E-state index in [4.69, 9.17) is 14.2 Å². The smallest absolute Gasteiger partial charge is 0.251 e. The van der Waals surface area contributed by atoms with E-state index in [0.29, 0.717) is 36.8 Å². The SMILES string of the molecule is COc1ccc([C@@H](CNC(=O)c2ccc3c(c2)OCCO3)N(C)C)cc1. The van der Waals surface area contributed by atoms with Crippen LogP contribution in [0.15, 0.2) is 42.5 Å². The number of hydrogen-bond donors (Lipinski definition) is 1. The van der Waals surface area contributed by atoms with Crippen LogP contribution in [0, 0.1) is 0 Å². The predicted octanol–water partition coefficient (Wildman–Crippen LogP) is 2.50. The largest absolute Gasteiger partial charge is 0.497 e. The Morgan fingerprint density at radius 2 is 1.81 bits per heavy atom. The van der Waals surface area contributed by atoms with Crippen LogP contribution in [0.2, 0.25) is 0 Å². The highest BCUT2D eigenvalue weighted by Gasteiger charge is 2.18. The van der Waals surface area contributed by atoms with Gasteiger partial charge in [0.2, 0.25) is 0 Å². The maximum Gasteiger partial charge on any atom is 0.251 e. The number of hydrogen-bond acceptors (Lipinski definition) is 5. The Kier molecular flexibility index (Phi) is 5.63. The lowest BCUT2D eigenvalue weighted by Crippen LogP contribution is -2.34. The van der Waals surface area contributed by atoms with Crippen LogP contribution in [0.4, 0.5) is 0 Å². The molecule has 6 nitrogen and oxygen atoms in total. The Morgan fingerprint density at radius 3 is 2.46 bits per heavy atom. The number of benzene rings is 2. The summed E-state index contributed by atoms with van der Waals surface area (Å²) in [6.45, 7) is 1.52. The number of likely N-dealkylation sites (N-methyl/N-ethyl adjacent to an activating group) is 1. The summed E-state index contributed by atoms with van der Waals surface area (Å²) in [5.74, 6) is 1.97. The molecule has 1 N–H and O–H groups in total. The Morgan fingerprint density at radius 1 is 1.12 bits per heavy atom. The molecule has 1 amide bonds. The zero-order valence-corrected chi connectivity index (χ0v) is 15.3. The number of carbonyl (C=O) groups excluding carboxylic acids is 1. The highest BCUT2D eigenvalue weighted by atomic mass is 16.6. The van der Waals surface area contributed by atoms with Crippen molar-refractivity contribution in [2.24, 2.45) is 0 Å². The third-order valence-corrected chi connectivity index (χ3v) is 4.38. The van der Waals surface area contributed by atoms with Crippen molar-refractivity contribution in [3.63, 3.8) is 0 Å². The molecule has 0 saturated heterocycles. The van der Waals surface area contributed by atoms with Gasteiger partial charge in [-0.05, 0) is 50.0 Å². The Bertz CT molecular complexity index is 759. The van der Waals surface area contributed by atoms with Gasteiger partial charge in [-0.25, -0.2) is 0 Å². The summed E-state index contributed by atoms with van der Waals surface area (Å²) in [4.78, 5) is 14.6. The normalized spacial score (nSPS) is 14.0. The molecule has 0 aliphatic carbocycles. The number of fused-ring (bicyclic) bond motifs is 1. The fraction of sp³-hybridized carbons (Fsp3) is 0.350. The van der Waals surface area contributed by atoms with Crippen LogP contribution in [0.3, 0.4) is 0 Å². The van der Waals surface area contributed by atoms with Crippen molar-refractivity contribution in [3.8, 4) is 17.2 Å². The fourth-order valence-electron chi connectivity index (χ4n) is 2.90. The molecule has 0 unspecified atom stereocenters. The van der Waals surface area contributed by atoms with Crippen molar-refractivity contribution < 1.29 is 19.0 Å². The van der Waals surface area contributed by atoms with Gasteiger partial charge in [-0.1, -0.05) is 12.1 Å². The summed E-state index contributed by atoms with van der Waals surface area (Å²) >= 11 is 0. The first-order valence-electron chi connectivity index (χ1n) is 8.56. The van der Waals surface area contributed by atoms with Gasteiger partial charge in [-0.3, -0.25) is 4.79 Å². The van der Waals surface area contributed by atoms with Crippen molar-refractivity contribution in [2.45, 2.75) is 6.04 Å². The summed E-state index contributed by atoms with van der Waals surface area (Å²) in [6, 6.07) is 13.2. The highest BCUT2D eigenvalue weighted by molar-refractivity contribution is 5.94. The topological polar surface area (TPSA) is 60.0 Å². The van der Waals surface area contributed by atoms with Crippen LogP contribution < -0.4 is 19.5 Å². The predicted molar refractivity (Wildman–Crippen MR) is 99.2 cm³/mol. The lowest BCUT2D eigenvalue weighted by molar-refractivity contribution is 0.0940. The third kappa shape index (κ3) is 4.08. The molecular formula is C20H24N2O4. The second-order valence-electron chi connectivity index (χ2n) is 6.32. The van der Waals surface area contributed by atoms with E-state index in [1.165, 1.54) is 0 Å².